The Hall–Kier alpha value is -1.39. The molecule has 3 rings (SSSR count). The van der Waals surface area contributed by atoms with E-state index in [9.17, 15) is 9.90 Å². The number of halogens is 4. The summed E-state index contributed by atoms with van der Waals surface area (Å²) in [5.74, 6) is -1.05. The van der Waals surface area contributed by atoms with E-state index >= 15 is 0 Å². The van der Waals surface area contributed by atoms with Crippen LogP contribution < -0.4 is 0 Å². The van der Waals surface area contributed by atoms with Crippen molar-refractivity contribution in [1.29, 1.82) is 0 Å². The van der Waals surface area contributed by atoms with Crippen LogP contribution in [0, 0.1) is 0 Å². The Morgan fingerprint density at radius 3 is 2.30 bits per heavy atom. The van der Waals surface area contributed by atoms with Crippen LogP contribution in [-0.4, -0.2) is 15.6 Å². The van der Waals surface area contributed by atoms with E-state index in [-0.39, 0.29) is 5.69 Å². The highest BCUT2D eigenvalue weighted by molar-refractivity contribution is 6.45. The van der Waals surface area contributed by atoms with Crippen LogP contribution in [-0.2, 0) is 6.54 Å². The summed E-state index contributed by atoms with van der Waals surface area (Å²) in [6.07, 6.45) is 0. The van der Waals surface area contributed by atoms with E-state index in [2.05, 4.69) is 0 Å². The molecule has 1 N–H and O–H groups in total. The zero-order chi connectivity index (χ0) is 16.7. The van der Waals surface area contributed by atoms with Gasteiger partial charge >= 0.3 is 5.97 Å². The van der Waals surface area contributed by atoms with Crippen molar-refractivity contribution >= 4 is 63.3 Å². The van der Waals surface area contributed by atoms with Gasteiger partial charge in [0.2, 0.25) is 0 Å². The Balaban J connectivity index is 2.18. The second kappa shape index (κ2) is 6.25. The molecule has 0 aliphatic rings. The summed E-state index contributed by atoms with van der Waals surface area (Å²) < 4.78 is 1.65. The fraction of sp³-hybridized carbons (Fsp3) is 0.0625. The van der Waals surface area contributed by atoms with E-state index in [0.29, 0.717) is 37.5 Å². The van der Waals surface area contributed by atoms with Gasteiger partial charge in [-0.15, -0.1) is 0 Å². The molecule has 1 aromatic heterocycles. The Morgan fingerprint density at radius 2 is 1.65 bits per heavy atom. The first kappa shape index (κ1) is 16.5. The molecular weight excluding hydrogens is 380 g/mol. The molecule has 0 saturated carbocycles. The second-order valence-corrected chi connectivity index (χ2v) is 6.56. The minimum Gasteiger partial charge on any atom is -0.477 e. The smallest absolute Gasteiger partial charge is 0.352 e. The zero-order valence-corrected chi connectivity index (χ0v) is 14.5. The van der Waals surface area contributed by atoms with Crippen LogP contribution in [0.4, 0.5) is 0 Å². The third kappa shape index (κ3) is 3.02. The Kier molecular flexibility index (Phi) is 4.47. The average molecular weight is 389 g/mol. The minimum atomic E-state index is -1.05. The van der Waals surface area contributed by atoms with Crippen molar-refractivity contribution in [3.05, 3.63) is 67.7 Å². The van der Waals surface area contributed by atoms with Gasteiger partial charge < -0.3 is 9.67 Å². The van der Waals surface area contributed by atoms with Gasteiger partial charge in [-0.3, -0.25) is 0 Å². The average Bonchev–Trinajstić information content (AvgIpc) is 2.86. The molecule has 0 saturated heterocycles. The van der Waals surface area contributed by atoms with Gasteiger partial charge in [-0.05, 0) is 35.9 Å². The predicted octanol–water partition coefficient (Wildman–Crippen LogP) is 6.00. The molecule has 3 aromatic rings. The van der Waals surface area contributed by atoms with Crippen LogP contribution in [0.3, 0.4) is 0 Å². The maximum Gasteiger partial charge on any atom is 0.352 e. The number of aromatic nitrogens is 1. The molecular formula is C16H9Cl4NO2. The first-order chi connectivity index (χ1) is 10.9. The van der Waals surface area contributed by atoms with Gasteiger partial charge in [-0.2, -0.15) is 0 Å². The van der Waals surface area contributed by atoms with E-state index in [1.165, 1.54) is 6.07 Å². The van der Waals surface area contributed by atoms with Gasteiger partial charge in [0.15, 0.2) is 0 Å². The lowest BCUT2D eigenvalue weighted by Crippen LogP contribution is -2.09. The Labute approximate surface area is 151 Å². The molecule has 0 radical (unpaired) electrons. The van der Waals surface area contributed by atoms with Crippen LogP contribution in [0.5, 0.6) is 0 Å². The molecule has 0 spiro atoms. The summed E-state index contributed by atoms with van der Waals surface area (Å²) in [6.45, 7) is 0.319. The van der Waals surface area contributed by atoms with Crippen LogP contribution in [0.15, 0.2) is 36.4 Å². The van der Waals surface area contributed by atoms with E-state index in [0.717, 1.165) is 5.56 Å². The largest absolute Gasteiger partial charge is 0.477 e. The third-order valence-corrected chi connectivity index (χ3v) is 5.07. The van der Waals surface area contributed by atoms with Gasteiger partial charge in [-0.1, -0.05) is 52.5 Å². The molecule has 1 heterocycles. The van der Waals surface area contributed by atoms with E-state index in [1.54, 1.807) is 34.9 Å². The van der Waals surface area contributed by atoms with Crippen molar-refractivity contribution in [2.45, 2.75) is 6.54 Å². The van der Waals surface area contributed by atoms with Gasteiger partial charge in [0.1, 0.15) is 5.69 Å². The second-order valence-electron chi connectivity index (χ2n) is 4.96. The Bertz CT molecular complexity index is 933. The highest BCUT2D eigenvalue weighted by Crippen LogP contribution is 2.33. The first-order valence-corrected chi connectivity index (χ1v) is 8.04. The maximum absolute atomic E-state index is 11.6. The summed E-state index contributed by atoms with van der Waals surface area (Å²) in [7, 11) is 0. The SMILES string of the molecule is O=C(O)c1cc2c(Cl)c(Cl)ccc2n1Cc1ccc(Cl)c(Cl)c1. The number of carboxylic acids is 1. The summed E-state index contributed by atoms with van der Waals surface area (Å²) in [4.78, 5) is 11.6. The molecule has 0 amide bonds. The van der Waals surface area contributed by atoms with Crippen molar-refractivity contribution in [2.75, 3.05) is 0 Å². The zero-order valence-electron chi connectivity index (χ0n) is 11.5. The first-order valence-electron chi connectivity index (χ1n) is 6.53. The van der Waals surface area contributed by atoms with Crippen LogP contribution in [0.25, 0.3) is 10.9 Å². The number of hydrogen-bond donors (Lipinski definition) is 1. The monoisotopic (exact) mass is 387 g/mol. The quantitative estimate of drug-likeness (QED) is 0.597. The number of fused-ring (bicyclic) bond motifs is 1. The third-order valence-electron chi connectivity index (χ3n) is 3.52. The topological polar surface area (TPSA) is 42.2 Å². The molecule has 0 unspecified atom stereocenters. The van der Waals surface area contributed by atoms with E-state index in [1.807, 2.05) is 0 Å². The van der Waals surface area contributed by atoms with E-state index in [4.69, 9.17) is 46.4 Å². The molecule has 7 heteroatoms. The normalized spacial score (nSPS) is 11.1. The molecule has 0 bridgehead atoms. The van der Waals surface area contributed by atoms with Crippen molar-refractivity contribution in [2.24, 2.45) is 0 Å². The van der Waals surface area contributed by atoms with Crippen LogP contribution in [0.1, 0.15) is 16.1 Å². The molecule has 0 atom stereocenters. The van der Waals surface area contributed by atoms with Crippen molar-refractivity contribution in [3.63, 3.8) is 0 Å². The van der Waals surface area contributed by atoms with Crippen molar-refractivity contribution in [3.8, 4) is 0 Å². The lowest BCUT2D eigenvalue weighted by atomic mass is 10.2. The van der Waals surface area contributed by atoms with Gasteiger partial charge in [-0.25, -0.2) is 4.79 Å². The fourth-order valence-corrected chi connectivity index (χ4v) is 3.14. The number of carbonyl (C=O) groups is 1. The van der Waals surface area contributed by atoms with Crippen LogP contribution >= 0.6 is 46.4 Å². The highest BCUT2D eigenvalue weighted by atomic mass is 35.5. The number of nitrogens with zero attached hydrogens (tertiary/aromatic N) is 1. The number of carboxylic acid groups (broad SMARTS) is 1. The molecule has 0 aliphatic carbocycles. The number of hydrogen-bond acceptors (Lipinski definition) is 1. The highest BCUT2D eigenvalue weighted by Gasteiger charge is 2.18. The summed E-state index contributed by atoms with van der Waals surface area (Å²) in [5.41, 5.74) is 1.63. The number of aromatic carboxylic acids is 1. The van der Waals surface area contributed by atoms with E-state index < -0.39 is 5.97 Å². The standard InChI is InChI=1S/C16H9Cl4NO2/c17-10-2-1-8(5-12(10)19)7-21-13-4-3-11(18)15(20)9(13)6-14(21)16(22)23/h1-6H,7H2,(H,22,23). The molecule has 118 valence electrons. The molecule has 0 aliphatic heterocycles. The number of rotatable bonds is 3. The van der Waals surface area contributed by atoms with Gasteiger partial charge in [0.05, 0.1) is 25.6 Å². The van der Waals surface area contributed by atoms with Crippen LogP contribution in [0.2, 0.25) is 20.1 Å². The summed E-state index contributed by atoms with van der Waals surface area (Å²) in [5, 5.41) is 11.6. The number of benzene rings is 2. The van der Waals surface area contributed by atoms with Crippen molar-refractivity contribution in [1.82, 2.24) is 4.57 Å². The minimum absolute atomic E-state index is 0.121. The fourth-order valence-electron chi connectivity index (χ4n) is 2.44. The van der Waals surface area contributed by atoms with Gasteiger partial charge in [0, 0.05) is 11.9 Å². The van der Waals surface area contributed by atoms with Crippen molar-refractivity contribution < 1.29 is 9.90 Å². The lowest BCUT2D eigenvalue weighted by molar-refractivity contribution is 0.0686. The maximum atomic E-state index is 11.6. The molecule has 0 fully saturated rings. The lowest BCUT2D eigenvalue weighted by Gasteiger charge is -2.10. The summed E-state index contributed by atoms with van der Waals surface area (Å²) in [6, 6.07) is 10.1. The molecule has 3 nitrogen and oxygen atoms in total. The predicted molar refractivity (Wildman–Crippen MR) is 94.5 cm³/mol. The summed E-state index contributed by atoms with van der Waals surface area (Å²) >= 11 is 24.1. The van der Waals surface area contributed by atoms with Gasteiger partial charge in [0.25, 0.3) is 0 Å². The molecule has 2 aromatic carbocycles. The Morgan fingerprint density at radius 1 is 0.957 bits per heavy atom. The molecule has 23 heavy (non-hydrogen) atoms.